The Morgan fingerprint density at radius 3 is 2.65 bits per heavy atom. The van der Waals surface area contributed by atoms with Crippen molar-refractivity contribution in [1.82, 2.24) is 0 Å². The Balaban J connectivity index is 2.21. The van der Waals surface area contributed by atoms with Crippen molar-refractivity contribution in [1.29, 1.82) is 0 Å². The molecule has 0 bridgehead atoms. The van der Waals surface area contributed by atoms with Crippen molar-refractivity contribution >= 4 is 43.0 Å². The Kier molecular flexibility index (Phi) is 5.80. The predicted molar refractivity (Wildman–Crippen MR) is 94.1 cm³/mol. The lowest BCUT2D eigenvalue weighted by atomic mass is 10.2. The van der Waals surface area contributed by atoms with E-state index in [1.165, 1.54) is 16.4 Å². The molecule has 0 spiro atoms. The van der Waals surface area contributed by atoms with E-state index >= 15 is 0 Å². The fraction of sp³-hybridized carbons (Fsp3) is 0.571. The minimum Gasteiger partial charge on any atom is -0.284 e. The van der Waals surface area contributed by atoms with E-state index in [0.29, 0.717) is 30.8 Å². The van der Waals surface area contributed by atoms with Gasteiger partial charge >= 0.3 is 0 Å². The van der Waals surface area contributed by atoms with Crippen LogP contribution in [0.5, 0.6) is 0 Å². The fourth-order valence-corrected chi connectivity index (χ4v) is 5.64. The highest BCUT2D eigenvalue weighted by molar-refractivity contribution is 7.93. The highest BCUT2D eigenvalue weighted by Crippen LogP contribution is 2.33. The third-order valence-electron chi connectivity index (χ3n) is 3.61. The maximum Gasteiger partial charge on any atom is 0.235 e. The Labute approximate surface area is 142 Å². The average molecular weight is 381 g/mol. The summed E-state index contributed by atoms with van der Waals surface area (Å²) in [6.45, 7) is 2.31. The summed E-state index contributed by atoms with van der Waals surface area (Å²) < 4.78 is 51.8. The van der Waals surface area contributed by atoms with E-state index in [9.17, 15) is 16.8 Å². The third kappa shape index (κ3) is 4.74. The minimum atomic E-state index is -3.41. The smallest absolute Gasteiger partial charge is 0.235 e. The maximum atomic E-state index is 12.1. The van der Waals surface area contributed by atoms with Crippen molar-refractivity contribution in [3.63, 3.8) is 0 Å². The van der Waals surface area contributed by atoms with Gasteiger partial charge in [-0.15, -0.1) is 0 Å². The lowest BCUT2D eigenvalue weighted by Gasteiger charge is -2.29. The van der Waals surface area contributed by atoms with E-state index in [-0.39, 0.29) is 16.5 Å². The summed E-state index contributed by atoms with van der Waals surface area (Å²) in [5.74, 6) is 0.151. The number of hydrogen-bond donors (Lipinski definition) is 1. The number of halogens is 1. The number of unbranched alkanes of at least 4 members (excludes halogenated alkanes) is 1. The van der Waals surface area contributed by atoms with Gasteiger partial charge in [0.15, 0.2) is 0 Å². The van der Waals surface area contributed by atoms with Crippen LogP contribution in [-0.4, -0.2) is 34.9 Å². The molecule has 1 fully saturated rings. The van der Waals surface area contributed by atoms with Gasteiger partial charge in [-0.3, -0.25) is 9.03 Å². The van der Waals surface area contributed by atoms with E-state index < -0.39 is 20.0 Å². The number of benzene rings is 1. The zero-order valence-electron chi connectivity index (χ0n) is 13.0. The topological polar surface area (TPSA) is 83.6 Å². The van der Waals surface area contributed by atoms with Gasteiger partial charge in [-0.2, -0.15) is 0 Å². The first-order valence-electron chi connectivity index (χ1n) is 7.55. The molecule has 1 saturated heterocycles. The summed E-state index contributed by atoms with van der Waals surface area (Å²) in [4.78, 5) is 0. The Bertz CT molecular complexity index is 763. The first-order valence-corrected chi connectivity index (χ1v) is 11.2. The summed E-state index contributed by atoms with van der Waals surface area (Å²) in [6.07, 6.45) is 2.79. The quantitative estimate of drug-likeness (QED) is 0.822. The van der Waals surface area contributed by atoms with Crippen LogP contribution in [0.4, 0.5) is 11.4 Å². The number of rotatable bonds is 6. The Morgan fingerprint density at radius 1 is 1.30 bits per heavy atom. The van der Waals surface area contributed by atoms with Crippen LogP contribution < -0.4 is 9.03 Å². The van der Waals surface area contributed by atoms with Gasteiger partial charge < -0.3 is 0 Å². The number of nitrogens with zero attached hydrogens (tertiary/aromatic N) is 1. The standard InChI is InChI=1S/C14H21ClN2O4S2/c1-2-3-9-22(18,19)16-12-6-7-14(13(15)11-12)17-8-4-5-10-23(17,20)21/h6-7,11,16H,2-5,8-10H2,1H3. The molecule has 9 heteroatoms. The lowest BCUT2D eigenvalue weighted by molar-refractivity contribution is 0.574. The molecule has 0 aromatic heterocycles. The van der Waals surface area contributed by atoms with Gasteiger partial charge in [-0.1, -0.05) is 24.9 Å². The molecule has 6 nitrogen and oxygen atoms in total. The van der Waals surface area contributed by atoms with Crippen molar-refractivity contribution < 1.29 is 16.8 Å². The first-order chi connectivity index (χ1) is 10.7. The molecule has 0 aliphatic carbocycles. The summed E-state index contributed by atoms with van der Waals surface area (Å²) in [7, 11) is -6.76. The summed E-state index contributed by atoms with van der Waals surface area (Å²) in [6, 6.07) is 4.53. The fourth-order valence-electron chi connectivity index (χ4n) is 2.40. The second-order valence-corrected chi connectivity index (χ2v) is 9.80. The molecule has 0 radical (unpaired) electrons. The summed E-state index contributed by atoms with van der Waals surface area (Å²) >= 11 is 6.18. The zero-order chi connectivity index (χ0) is 17.1. The van der Waals surface area contributed by atoms with Crippen molar-refractivity contribution in [3.05, 3.63) is 23.2 Å². The average Bonchev–Trinajstić information content (AvgIpc) is 2.45. The van der Waals surface area contributed by atoms with Gasteiger partial charge in [0.05, 0.1) is 27.9 Å². The predicted octanol–water partition coefficient (Wildman–Crippen LogP) is 2.81. The van der Waals surface area contributed by atoms with Gasteiger partial charge in [-0.05, 0) is 37.5 Å². The van der Waals surface area contributed by atoms with E-state index in [4.69, 9.17) is 11.6 Å². The molecule has 1 aliphatic rings. The molecular formula is C14H21ClN2O4S2. The molecule has 0 amide bonds. The van der Waals surface area contributed by atoms with Gasteiger partial charge in [0.1, 0.15) is 0 Å². The highest BCUT2D eigenvalue weighted by atomic mass is 35.5. The molecule has 0 atom stereocenters. The summed E-state index contributed by atoms with van der Waals surface area (Å²) in [5, 5.41) is 0.214. The second-order valence-electron chi connectivity index (χ2n) is 5.54. The number of anilines is 2. The normalized spacial score (nSPS) is 17.9. The van der Waals surface area contributed by atoms with Crippen LogP contribution in [0.2, 0.25) is 5.02 Å². The molecule has 23 heavy (non-hydrogen) atoms. The van der Waals surface area contributed by atoms with E-state index in [2.05, 4.69) is 4.72 Å². The van der Waals surface area contributed by atoms with Gasteiger partial charge in [0, 0.05) is 6.54 Å². The molecule has 0 unspecified atom stereocenters. The molecule has 1 aromatic rings. The zero-order valence-corrected chi connectivity index (χ0v) is 15.3. The van der Waals surface area contributed by atoms with Crippen LogP contribution in [0.1, 0.15) is 32.6 Å². The largest absolute Gasteiger partial charge is 0.284 e. The van der Waals surface area contributed by atoms with E-state index in [0.717, 1.165) is 12.8 Å². The Hall–Kier alpha value is -0.990. The van der Waals surface area contributed by atoms with Crippen LogP contribution in [-0.2, 0) is 20.0 Å². The molecule has 2 rings (SSSR count). The van der Waals surface area contributed by atoms with E-state index in [1.54, 1.807) is 6.07 Å². The molecule has 1 heterocycles. The minimum absolute atomic E-state index is 0.0450. The maximum absolute atomic E-state index is 12.1. The van der Waals surface area contributed by atoms with Crippen molar-refractivity contribution in [2.75, 3.05) is 27.1 Å². The van der Waals surface area contributed by atoms with Crippen LogP contribution in [0, 0.1) is 0 Å². The molecule has 1 aliphatic heterocycles. The van der Waals surface area contributed by atoms with Crippen molar-refractivity contribution in [3.8, 4) is 0 Å². The molecule has 0 saturated carbocycles. The Morgan fingerprint density at radius 2 is 2.04 bits per heavy atom. The van der Waals surface area contributed by atoms with Crippen LogP contribution in [0.25, 0.3) is 0 Å². The van der Waals surface area contributed by atoms with Crippen LogP contribution in [0.15, 0.2) is 18.2 Å². The third-order valence-corrected chi connectivity index (χ3v) is 7.14. The molecular weight excluding hydrogens is 360 g/mol. The first kappa shape index (κ1) is 18.4. The molecule has 1 N–H and O–H groups in total. The summed E-state index contributed by atoms with van der Waals surface area (Å²) in [5.41, 5.74) is 0.729. The number of sulfonamides is 2. The van der Waals surface area contributed by atoms with Crippen molar-refractivity contribution in [2.45, 2.75) is 32.6 Å². The van der Waals surface area contributed by atoms with Crippen molar-refractivity contribution in [2.24, 2.45) is 0 Å². The second kappa shape index (κ2) is 7.27. The van der Waals surface area contributed by atoms with Gasteiger partial charge in [-0.25, -0.2) is 16.8 Å². The van der Waals surface area contributed by atoms with Gasteiger partial charge in [0.25, 0.3) is 0 Å². The lowest BCUT2D eigenvalue weighted by Crippen LogP contribution is -2.38. The van der Waals surface area contributed by atoms with Gasteiger partial charge in [0.2, 0.25) is 20.0 Å². The van der Waals surface area contributed by atoms with E-state index in [1.807, 2.05) is 6.92 Å². The van der Waals surface area contributed by atoms with Crippen LogP contribution >= 0.6 is 11.6 Å². The monoisotopic (exact) mass is 380 g/mol. The molecule has 1 aromatic carbocycles. The number of nitrogens with one attached hydrogen (secondary N) is 1. The SMILES string of the molecule is CCCCS(=O)(=O)Nc1ccc(N2CCCCS2(=O)=O)c(Cl)c1. The van der Waals surface area contributed by atoms with Crippen LogP contribution in [0.3, 0.4) is 0 Å². The highest BCUT2D eigenvalue weighted by Gasteiger charge is 2.27. The molecule has 130 valence electrons. The number of hydrogen-bond acceptors (Lipinski definition) is 4.